The largest absolute Gasteiger partial charge is 0.393 e. The van der Waals surface area contributed by atoms with Gasteiger partial charge in [0, 0.05) is 11.8 Å². The van der Waals surface area contributed by atoms with Crippen molar-refractivity contribution in [2.75, 3.05) is 6.61 Å². The second-order valence-electron chi connectivity index (χ2n) is 9.56. The number of rotatable bonds is 2. The number of hydrogen-bond donors (Lipinski definition) is 3. The predicted molar refractivity (Wildman–Crippen MR) is 95.1 cm³/mol. The number of aliphatic hydroxyl groups excluding tert-OH is 2. The Morgan fingerprint density at radius 1 is 1.23 bits per heavy atom. The third kappa shape index (κ3) is 2.14. The van der Waals surface area contributed by atoms with Crippen molar-refractivity contribution in [2.45, 2.75) is 70.5 Å². The van der Waals surface area contributed by atoms with E-state index in [4.69, 9.17) is 0 Å². The maximum absolute atomic E-state index is 12.4. The van der Waals surface area contributed by atoms with Crippen molar-refractivity contribution in [3.63, 3.8) is 0 Å². The molecule has 0 heterocycles. The topological polar surface area (TPSA) is 94.8 Å². The van der Waals surface area contributed by atoms with Gasteiger partial charge in [-0.2, -0.15) is 0 Å². The van der Waals surface area contributed by atoms with E-state index in [-0.39, 0.29) is 29.0 Å². The lowest BCUT2D eigenvalue weighted by atomic mass is 9.45. The van der Waals surface area contributed by atoms with E-state index < -0.39 is 29.5 Å². The summed E-state index contributed by atoms with van der Waals surface area (Å²) in [7, 11) is 0. The van der Waals surface area contributed by atoms with Crippen LogP contribution in [0.5, 0.6) is 0 Å². The van der Waals surface area contributed by atoms with Crippen molar-refractivity contribution in [2.24, 2.45) is 28.6 Å². The Kier molecular flexibility index (Phi) is 4.04. The van der Waals surface area contributed by atoms with Crippen LogP contribution in [0, 0.1) is 28.6 Å². The Balaban J connectivity index is 1.74. The van der Waals surface area contributed by atoms with E-state index in [1.807, 2.05) is 6.92 Å². The Hall–Kier alpha value is -1.04. The fourth-order valence-corrected chi connectivity index (χ4v) is 7.28. The van der Waals surface area contributed by atoms with Gasteiger partial charge < -0.3 is 15.3 Å². The van der Waals surface area contributed by atoms with Gasteiger partial charge >= 0.3 is 0 Å². The third-order valence-corrected chi connectivity index (χ3v) is 8.65. The van der Waals surface area contributed by atoms with E-state index in [2.05, 4.69) is 6.92 Å². The minimum absolute atomic E-state index is 0.0697. The Labute approximate surface area is 154 Å². The molecule has 0 saturated heterocycles. The highest BCUT2D eigenvalue weighted by atomic mass is 16.3. The number of Topliss-reactive ketones (excluding diaryl/α,β-unsaturated/α-hetero) is 1. The molecule has 3 saturated carbocycles. The smallest absolute Gasteiger partial charge is 0.190 e. The maximum atomic E-state index is 12.4. The van der Waals surface area contributed by atoms with Gasteiger partial charge in [-0.3, -0.25) is 9.59 Å². The molecular formula is C21H30O5. The normalized spacial score (nSPS) is 50.5. The number of carbonyl (C=O) groups excluding carboxylic acids is 2. The van der Waals surface area contributed by atoms with Gasteiger partial charge in [0.15, 0.2) is 11.6 Å². The molecule has 26 heavy (non-hydrogen) atoms. The van der Waals surface area contributed by atoms with Gasteiger partial charge in [0.05, 0.1) is 6.10 Å². The minimum Gasteiger partial charge on any atom is -0.393 e. The van der Waals surface area contributed by atoms with Gasteiger partial charge in [0.2, 0.25) is 0 Å². The molecule has 144 valence electrons. The molecule has 0 spiro atoms. The number of ketones is 2. The average molecular weight is 362 g/mol. The van der Waals surface area contributed by atoms with E-state index in [1.54, 1.807) is 6.08 Å². The highest BCUT2D eigenvalue weighted by Gasteiger charge is 2.68. The molecule has 0 aliphatic heterocycles. The molecule has 0 amide bonds. The fourth-order valence-electron chi connectivity index (χ4n) is 7.28. The van der Waals surface area contributed by atoms with E-state index >= 15 is 0 Å². The lowest BCUT2D eigenvalue weighted by Crippen LogP contribution is -2.62. The molecule has 0 bridgehead atoms. The first-order valence-electron chi connectivity index (χ1n) is 9.96. The molecule has 0 aromatic heterocycles. The van der Waals surface area contributed by atoms with E-state index in [0.717, 1.165) is 25.7 Å². The van der Waals surface area contributed by atoms with Crippen LogP contribution < -0.4 is 0 Å². The van der Waals surface area contributed by atoms with E-state index in [1.165, 1.54) is 5.57 Å². The van der Waals surface area contributed by atoms with Crippen molar-refractivity contribution < 1.29 is 24.9 Å². The fraction of sp³-hybridized carbons (Fsp3) is 0.810. The van der Waals surface area contributed by atoms with Crippen LogP contribution in [0.3, 0.4) is 0 Å². The second kappa shape index (κ2) is 5.73. The Morgan fingerprint density at radius 2 is 1.96 bits per heavy atom. The van der Waals surface area contributed by atoms with E-state index in [0.29, 0.717) is 19.3 Å². The van der Waals surface area contributed by atoms with Crippen LogP contribution in [0.25, 0.3) is 0 Å². The Bertz CT molecular complexity index is 684. The molecule has 4 aliphatic carbocycles. The van der Waals surface area contributed by atoms with Crippen LogP contribution in [0.1, 0.15) is 58.8 Å². The van der Waals surface area contributed by atoms with Crippen LogP contribution in [0.4, 0.5) is 0 Å². The third-order valence-electron chi connectivity index (χ3n) is 8.65. The molecular weight excluding hydrogens is 332 g/mol. The van der Waals surface area contributed by atoms with Crippen LogP contribution in [0.15, 0.2) is 11.6 Å². The molecule has 0 aromatic carbocycles. The molecule has 3 N–H and O–H groups in total. The summed E-state index contributed by atoms with van der Waals surface area (Å²) in [6, 6.07) is 0. The van der Waals surface area contributed by atoms with Gasteiger partial charge in [-0.15, -0.1) is 0 Å². The first-order chi connectivity index (χ1) is 12.2. The monoisotopic (exact) mass is 362 g/mol. The molecule has 5 heteroatoms. The number of hydrogen-bond acceptors (Lipinski definition) is 5. The minimum atomic E-state index is -1.54. The van der Waals surface area contributed by atoms with Crippen LogP contribution in [-0.2, 0) is 9.59 Å². The van der Waals surface area contributed by atoms with Crippen molar-refractivity contribution in [3.8, 4) is 0 Å². The van der Waals surface area contributed by atoms with Gasteiger partial charge in [0.25, 0.3) is 0 Å². The summed E-state index contributed by atoms with van der Waals surface area (Å²) >= 11 is 0. The first-order valence-corrected chi connectivity index (χ1v) is 9.96. The van der Waals surface area contributed by atoms with Crippen LogP contribution in [0.2, 0.25) is 0 Å². The molecule has 5 nitrogen and oxygen atoms in total. The summed E-state index contributed by atoms with van der Waals surface area (Å²) in [4.78, 5) is 24.3. The molecule has 0 aromatic rings. The first kappa shape index (κ1) is 18.3. The van der Waals surface area contributed by atoms with Crippen molar-refractivity contribution in [1.82, 2.24) is 0 Å². The van der Waals surface area contributed by atoms with Gasteiger partial charge in [-0.05, 0) is 67.8 Å². The highest BCUT2D eigenvalue weighted by Crippen LogP contribution is 2.67. The number of aliphatic hydroxyl groups is 3. The van der Waals surface area contributed by atoms with Gasteiger partial charge in [0.1, 0.15) is 12.2 Å². The maximum Gasteiger partial charge on any atom is 0.190 e. The standard InChI is InChI=1S/C21H30O5/c1-19-7-5-13(23)9-12(19)3-4-14-15-6-8-21(26,17(25)11-22)20(15,2)10-16(24)18(14)19/h9,14-16,18,22,24,26H,3-8,10-11H2,1-2H3/t14-,15-,16-,18?,19-,20-,21-/m0/s1. The Morgan fingerprint density at radius 3 is 2.65 bits per heavy atom. The summed E-state index contributed by atoms with van der Waals surface area (Å²) in [6.45, 7) is 3.46. The zero-order valence-corrected chi connectivity index (χ0v) is 15.7. The average Bonchev–Trinajstić information content (AvgIpc) is 2.86. The zero-order valence-electron chi connectivity index (χ0n) is 15.7. The molecule has 7 atom stereocenters. The lowest BCUT2D eigenvalue weighted by Gasteiger charge is -2.60. The number of carbonyl (C=O) groups is 2. The van der Waals surface area contributed by atoms with Gasteiger partial charge in [-0.25, -0.2) is 0 Å². The molecule has 4 rings (SSSR count). The second-order valence-corrected chi connectivity index (χ2v) is 9.56. The molecule has 1 unspecified atom stereocenters. The number of fused-ring (bicyclic) bond motifs is 5. The predicted octanol–water partition coefficient (Wildman–Crippen LogP) is 1.78. The highest BCUT2D eigenvalue weighted by molar-refractivity contribution is 5.91. The molecule has 3 fully saturated rings. The van der Waals surface area contributed by atoms with Gasteiger partial charge in [-0.1, -0.05) is 19.4 Å². The summed E-state index contributed by atoms with van der Waals surface area (Å²) in [5.74, 6) is 0.140. The molecule has 4 aliphatic rings. The lowest BCUT2D eigenvalue weighted by molar-refractivity contribution is -0.182. The van der Waals surface area contributed by atoms with Crippen LogP contribution in [-0.4, -0.2) is 45.2 Å². The SMILES string of the molecule is C[C@]12CCC(=O)C=C1CC[C@@H]1C2[C@@H](O)C[C@@]2(C)[C@H]1CC[C@]2(O)C(=O)CO. The molecule has 0 radical (unpaired) electrons. The van der Waals surface area contributed by atoms with E-state index in [9.17, 15) is 24.9 Å². The summed E-state index contributed by atoms with van der Waals surface area (Å²) < 4.78 is 0. The summed E-state index contributed by atoms with van der Waals surface area (Å²) in [5, 5.41) is 31.7. The van der Waals surface area contributed by atoms with Crippen molar-refractivity contribution in [3.05, 3.63) is 11.6 Å². The zero-order chi connectivity index (χ0) is 18.9. The summed E-state index contributed by atoms with van der Waals surface area (Å²) in [5.41, 5.74) is -1.23. The van der Waals surface area contributed by atoms with Crippen LogP contribution >= 0.6 is 0 Å². The quantitative estimate of drug-likeness (QED) is 0.696. The summed E-state index contributed by atoms with van der Waals surface area (Å²) in [6.07, 6.45) is 5.74. The number of allylic oxidation sites excluding steroid dienone is 1. The van der Waals surface area contributed by atoms with Crippen molar-refractivity contribution >= 4 is 11.6 Å². The van der Waals surface area contributed by atoms with Crippen molar-refractivity contribution in [1.29, 1.82) is 0 Å².